The quantitative estimate of drug-likeness (QED) is 0.247. The van der Waals surface area contributed by atoms with E-state index in [4.69, 9.17) is 4.74 Å². The predicted octanol–water partition coefficient (Wildman–Crippen LogP) is 1.98. The summed E-state index contributed by atoms with van der Waals surface area (Å²) in [6.45, 7) is 0. The lowest BCUT2D eigenvalue weighted by atomic mass is 10.2. The van der Waals surface area contributed by atoms with E-state index in [1.54, 1.807) is 0 Å². The van der Waals surface area contributed by atoms with E-state index in [0.717, 1.165) is 21.0 Å². The molecule has 1 aromatic carbocycles. The van der Waals surface area contributed by atoms with Crippen LogP contribution in [0.3, 0.4) is 0 Å². The zero-order valence-corrected chi connectivity index (χ0v) is 15.8. The summed E-state index contributed by atoms with van der Waals surface area (Å²) >= 11 is 6.63. The van der Waals surface area contributed by atoms with Crippen molar-refractivity contribution in [2.45, 2.75) is 0 Å². The molecule has 76 valence electrons. The average molecular weight is 544 g/mol. The molecule has 0 aliphatic carbocycles. The van der Waals surface area contributed by atoms with Gasteiger partial charge in [-0.05, 0) is 79.9 Å². The third-order valence-electron chi connectivity index (χ3n) is 1.51. The van der Waals surface area contributed by atoms with Gasteiger partial charge in [-0.2, -0.15) is 0 Å². The Hall–Kier alpha value is 1.10. The fourth-order valence-corrected chi connectivity index (χ4v) is 3.37. The van der Waals surface area contributed by atoms with Crippen LogP contribution in [0.4, 0.5) is 0 Å². The maximum atomic E-state index is 11.5. The topological polar surface area (TPSA) is 26.3 Å². The zero-order chi connectivity index (χ0) is 10.7. The molecule has 0 saturated heterocycles. The molecule has 0 spiro atoms. The van der Waals surface area contributed by atoms with Crippen LogP contribution in [-0.2, 0) is 4.74 Å². The summed E-state index contributed by atoms with van der Waals surface area (Å²) in [6.07, 6.45) is 0.553. The van der Waals surface area contributed by atoms with E-state index in [2.05, 4.69) is 67.8 Å². The van der Waals surface area contributed by atoms with Crippen molar-refractivity contribution >= 4 is 84.0 Å². The Morgan fingerprint density at radius 3 is 2.36 bits per heavy atom. The van der Waals surface area contributed by atoms with E-state index in [-0.39, 0.29) is 5.97 Å². The van der Waals surface area contributed by atoms with Gasteiger partial charge < -0.3 is 4.74 Å². The van der Waals surface area contributed by atoms with Crippen LogP contribution in [-0.4, -0.2) is 22.4 Å². The third-order valence-corrected chi connectivity index (χ3v) is 5.50. The summed E-state index contributed by atoms with van der Waals surface area (Å²) in [5.74, 6) is -0.210. The maximum absolute atomic E-state index is 11.5. The van der Waals surface area contributed by atoms with E-state index in [9.17, 15) is 4.79 Å². The molecule has 0 heterocycles. The number of hydrogen-bond acceptors (Lipinski definition) is 2. The zero-order valence-electron chi connectivity index (χ0n) is 7.31. The van der Waals surface area contributed by atoms with Gasteiger partial charge in [-0.25, -0.2) is 4.79 Å². The summed E-state index contributed by atoms with van der Waals surface area (Å²) < 4.78 is 8.22. The molecule has 0 amide bonds. The smallest absolute Gasteiger partial charge is 0.338 e. The van der Waals surface area contributed by atoms with E-state index in [1.807, 2.05) is 12.1 Å². The highest BCUT2D eigenvalue weighted by Gasteiger charge is 2.12. The second-order valence-electron chi connectivity index (χ2n) is 2.47. The first-order valence-electron chi connectivity index (χ1n) is 3.88. The van der Waals surface area contributed by atoms with Crippen molar-refractivity contribution in [3.8, 4) is 0 Å². The number of ether oxygens (including phenoxy) is 1. The van der Waals surface area contributed by atoms with E-state index in [1.165, 1.54) is 0 Å². The fourth-order valence-electron chi connectivity index (χ4n) is 0.888. The van der Waals surface area contributed by atoms with Crippen LogP contribution in [0.5, 0.6) is 0 Å². The SMILES string of the molecule is O=C(OC[SiH3])c1cc(I)c(I)cc1I. The van der Waals surface area contributed by atoms with Crippen molar-refractivity contribution in [3.63, 3.8) is 0 Å². The molecule has 2 nitrogen and oxygen atoms in total. The summed E-state index contributed by atoms with van der Waals surface area (Å²) in [6, 6.07) is 3.87. The Morgan fingerprint density at radius 1 is 1.21 bits per heavy atom. The lowest BCUT2D eigenvalue weighted by Gasteiger charge is -2.06. The van der Waals surface area contributed by atoms with Crippen LogP contribution in [0.2, 0.25) is 0 Å². The Morgan fingerprint density at radius 2 is 1.79 bits per heavy atom. The third kappa shape index (κ3) is 3.30. The highest BCUT2D eigenvalue weighted by atomic mass is 127. The molecule has 0 N–H and O–H groups in total. The minimum Gasteiger partial charge on any atom is -0.467 e. The Labute approximate surface area is 126 Å². The van der Waals surface area contributed by atoms with Crippen LogP contribution in [0.25, 0.3) is 0 Å². The summed E-state index contributed by atoms with van der Waals surface area (Å²) in [5.41, 5.74) is 0.672. The van der Waals surface area contributed by atoms with Crippen LogP contribution < -0.4 is 0 Å². The molecule has 0 unspecified atom stereocenters. The van der Waals surface area contributed by atoms with Crippen molar-refractivity contribution in [3.05, 3.63) is 28.4 Å². The van der Waals surface area contributed by atoms with Gasteiger partial charge in [0.1, 0.15) is 0 Å². The molecule has 0 aliphatic rings. The molecule has 1 rings (SSSR count). The second-order valence-corrected chi connectivity index (χ2v) is 6.53. The molecule has 0 bridgehead atoms. The molecule has 6 heteroatoms. The molecular weight excluding hydrogens is 537 g/mol. The largest absolute Gasteiger partial charge is 0.467 e. The minimum atomic E-state index is -0.210. The molecule has 0 saturated carbocycles. The standard InChI is InChI=1S/C8H7I3O2Si/c9-5-2-7(11)6(10)1-4(5)8(12)13-3-14/h1-2H,3H2,14H3. The van der Waals surface area contributed by atoms with Gasteiger partial charge in [0.05, 0.1) is 22.0 Å². The molecule has 0 aliphatic heterocycles. The highest BCUT2D eigenvalue weighted by molar-refractivity contribution is 14.1. The lowest BCUT2D eigenvalue weighted by molar-refractivity contribution is 0.0572. The van der Waals surface area contributed by atoms with Gasteiger partial charge in [-0.15, -0.1) is 0 Å². The molecule has 14 heavy (non-hydrogen) atoms. The normalized spacial score (nSPS) is 10.2. The van der Waals surface area contributed by atoms with E-state index >= 15 is 0 Å². The van der Waals surface area contributed by atoms with Gasteiger partial charge in [-0.3, -0.25) is 0 Å². The number of rotatable bonds is 2. The average Bonchev–Trinajstić information content (AvgIpc) is 2.11. The van der Waals surface area contributed by atoms with Gasteiger partial charge in [-0.1, -0.05) is 0 Å². The minimum absolute atomic E-state index is 0.210. The van der Waals surface area contributed by atoms with Crippen LogP contribution >= 0.6 is 67.8 Å². The van der Waals surface area contributed by atoms with E-state index < -0.39 is 0 Å². The number of hydrogen-bond donors (Lipinski definition) is 0. The first-order chi connectivity index (χ1) is 6.56. The van der Waals surface area contributed by atoms with Crippen LogP contribution in [0, 0.1) is 10.7 Å². The second kappa shape index (κ2) is 5.99. The van der Waals surface area contributed by atoms with Crippen LogP contribution in [0.1, 0.15) is 10.4 Å². The number of carbonyl (C=O) groups excluding carboxylic acids is 1. The van der Waals surface area contributed by atoms with Gasteiger partial charge in [0.2, 0.25) is 0 Å². The lowest BCUT2D eigenvalue weighted by Crippen LogP contribution is -2.08. The van der Waals surface area contributed by atoms with Gasteiger partial charge in [0, 0.05) is 10.7 Å². The number of halogens is 3. The first-order valence-corrected chi connectivity index (χ1v) is 8.53. The number of carbonyl (C=O) groups is 1. The highest BCUT2D eigenvalue weighted by Crippen LogP contribution is 2.22. The van der Waals surface area contributed by atoms with Crippen molar-refractivity contribution in [1.29, 1.82) is 0 Å². The fraction of sp³-hybridized carbons (Fsp3) is 0.125. The summed E-state index contributed by atoms with van der Waals surface area (Å²) in [7, 11) is 0.884. The van der Waals surface area contributed by atoms with Crippen LogP contribution in [0.15, 0.2) is 12.1 Å². The van der Waals surface area contributed by atoms with Crippen molar-refractivity contribution in [2.75, 3.05) is 6.23 Å². The Bertz CT molecular complexity index is 368. The summed E-state index contributed by atoms with van der Waals surface area (Å²) in [4.78, 5) is 11.5. The number of esters is 1. The molecule has 0 radical (unpaired) electrons. The predicted molar refractivity (Wildman–Crippen MR) is 84.8 cm³/mol. The molecule has 0 aromatic heterocycles. The van der Waals surface area contributed by atoms with Crippen molar-refractivity contribution in [1.82, 2.24) is 0 Å². The van der Waals surface area contributed by atoms with Gasteiger partial charge >= 0.3 is 5.97 Å². The number of benzene rings is 1. The first kappa shape index (κ1) is 13.2. The molecule has 0 fully saturated rings. The molecule has 1 aromatic rings. The summed E-state index contributed by atoms with van der Waals surface area (Å²) in [5, 5.41) is 0. The van der Waals surface area contributed by atoms with Crippen molar-refractivity contribution in [2.24, 2.45) is 0 Å². The maximum Gasteiger partial charge on any atom is 0.338 e. The van der Waals surface area contributed by atoms with Gasteiger partial charge in [0.15, 0.2) is 0 Å². The molecule has 0 atom stereocenters. The van der Waals surface area contributed by atoms with Gasteiger partial charge in [0.25, 0.3) is 0 Å². The van der Waals surface area contributed by atoms with Crippen molar-refractivity contribution < 1.29 is 9.53 Å². The monoisotopic (exact) mass is 544 g/mol. The Kier molecular flexibility index (Phi) is 5.63. The van der Waals surface area contributed by atoms with E-state index in [0.29, 0.717) is 11.8 Å². The Balaban J connectivity index is 3.09. The molecular formula is C8H7I3O2Si.